The summed E-state index contributed by atoms with van der Waals surface area (Å²) in [5.74, 6) is -0.000117. The van der Waals surface area contributed by atoms with Crippen LogP contribution in [-0.2, 0) is 24.3 Å². The molecule has 0 unspecified atom stereocenters. The lowest BCUT2D eigenvalue weighted by molar-refractivity contribution is -0.117. The zero-order valence-electron chi connectivity index (χ0n) is 13.8. The van der Waals surface area contributed by atoms with Crippen molar-refractivity contribution in [3.05, 3.63) is 58.5 Å². The summed E-state index contributed by atoms with van der Waals surface area (Å²) in [5.41, 5.74) is 5.28. The molecule has 4 nitrogen and oxygen atoms in total. The molecule has 0 saturated carbocycles. The van der Waals surface area contributed by atoms with Crippen LogP contribution < -0.4 is 5.69 Å². The number of hydrogen-bond donors (Lipinski definition) is 0. The molecule has 2 aromatic carbocycles. The smallest absolute Gasteiger partial charge is 0.298 e. The largest absolute Gasteiger partial charge is 0.329 e. The lowest BCUT2D eigenvalue weighted by Crippen LogP contribution is -2.26. The van der Waals surface area contributed by atoms with Gasteiger partial charge in [-0.1, -0.05) is 30.3 Å². The van der Waals surface area contributed by atoms with Crippen molar-refractivity contribution < 1.29 is 4.79 Å². The van der Waals surface area contributed by atoms with Crippen LogP contribution in [0.2, 0.25) is 0 Å². The number of benzene rings is 2. The summed E-state index contributed by atoms with van der Waals surface area (Å²) >= 11 is 0. The van der Waals surface area contributed by atoms with Crippen molar-refractivity contribution in [1.82, 2.24) is 9.13 Å². The average molecular weight is 320 g/mol. The van der Waals surface area contributed by atoms with Crippen molar-refractivity contribution >= 4 is 16.8 Å². The molecule has 0 bridgehead atoms. The van der Waals surface area contributed by atoms with Crippen molar-refractivity contribution in [2.24, 2.45) is 0 Å². The molecular formula is C20H20N2O2. The molecule has 1 aliphatic heterocycles. The first-order valence-electron chi connectivity index (χ1n) is 8.46. The summed E-state index contributed by atoms with van der Waals surface area (Å²) in [6.45, 7) is 2.40. The first kappa shape index (κ1) is 14.9. The highest BCUT2D eigenvalue weighted by molar-refractivity contribution is 5.87. The van der Waals surface area contributed by atoms with Crippen LogP contribution in [0.5, 0.6) is 0 Å². The number of nitrogens with zero attached hydrogens (tertiary/aromatic N) is 2. The number of carbonyl (C=O) groups is 1. The Morgan fingerprint density at radius 2 is 1.88 bits per heavy atom. The van der Waals surface area contributed by atoms with E-state index < -0.39 is 0 Å². The quantitative estimate of drug-likeness (QED) is 0.742. The Balaban J connectivity index is 2.04. The second-order valence-electron chi connectivity index (χ2n) is 6.55. The van der Waals surface area contributed by atoms with E-state index in [0.717, 1.165) is 48.0 Å². The van der Waals surface area contributed by atoms with Crippen LogP contribution in [0.1, 0.15) is 25.3 Å². The molecule has 0 aliphatic carbocycles. The van der Waals surface area contributed by atoms with Gasteiger partial charge in [0, 0.05) is 6.54 Å². The third kappa shape index (κ3) is 2.39. The van der Waals surface area contributed by atoms with Crippen LogP contribution in [-0.4, -0.2) is 14.9 Å². The van der Waals surface area contributed by atoms with E-state index in [4.69, 9.17) is 0 Å². The van der Waals surface area contributed by atoms with E-state index in [9.17, 15) is 9.59 Å². The van der Waals surface area contributed by atoms with Gasteiger partial charge in [0.2, 0.25) is 0 Å². The molecule has 3 aromatic rings. The maximum absolute atomic E-state index is 12.8. The molecule has 2 heterocycles. The molecule has 1 aromatic heterocycles. The highest BCUT2D eigenvalue weighted by atomic mass is 16.2. The minimum Gasteiger partial charge on any atom is -0.298 e. The lowest BCUT2D eigenvalue weighted by Gasteiger charge is -2.09. The van der Waals surface area contributed by atoms with E-state index in [1.54, 1.807) is 4.57 Å². The first-order valence-corrected chi connectivity index (χ1v) is 8.46. The monoisotopic (exact) mass is 320 g/mol. The number of ketones is 1. The molecule has 0 saturated heterocycles. The first-order chi connectivity index (χ1) is 11.6. The Bertz CT molecular complexity index is 980. The number of imidazole rings is 1. The second-order valence-corrected chi connectivity index (χ2v) is 6.55. The van der Waals surface area contributed by atoms with Crippen LogP contribution in [0.25, 0.3) is 22.2 Å². The van der Waals surface area contributed by atoms with Crippen molar-refractivity contribution in [2.45, 2.75) is 39.3 Å². The van der Waals surface area contributed by atoms with Crippen LogP contribution in [0, 0.1) is 0 Å². The van der Waals surface area contributed by atoms with Gasteiger partial charge >= 0.3 is 5.69 Å². The molecule has 4 heteroatoms. The van der Waals surface area contributed by atoms with E-state index >= 15 is 0 Å². The van der Waals surface area contributed by atoms with Gasteiger partial charge in [0.1, 0.15) is 5.78 Å². The third-order valence-electron chi connectivity index (χ3n) is 4.76. The Morgan fingerprint density at radius 1 is 1.08 bits per heavy atom. The number of rotatable bonds is 3. The van der Waals surface area contributed by atoms with Crippen LogP contribution >= 0.6 is 0 Å². The standard InChI is InChI=1S/C20H20N2O2/c1-14(23)13-22-18-12-17(15-7-3-2-4-8-15)11-16-9-5-6-10-21(19(16)18)20(22)24/h2-4,7-8,11-12H,5-6,9-10,13H2,1H3. The molecule has 0 spiro atoms. The molecule has 24 heavy (non-hydrogen) atoms. The molecular weight excluding hydrogens is 300 g/mol. The van der Waals surface area contributed by atoms with Gasteiger partial charge in [0.15, 0.2) is 0 Å². The fourth-order valence-electron chi connectivity index (χ4n) is 3.70. The number of aryl methyl sites for hydroxylation is 2. The van der Waals surface area contributed by atoms with Gasteiger partial charge in [-0.05, 0) is 55.0 Å². The van der Waals surface area contributed by atoms with Gasteiger partial charge in [-0.2, -0.15) is 0 Å². The summed E-state index contributed by atoms with van der Waals surface area (Å²) in [4.78, 5) is 24.5. The zero-order valence-corrected chi connectivity index (χ0v) is 13.8. The van der Waals surface area contributed by atoms with E-state index in [1.165, 1.54) is 12.5 Å². The lowest BCUT2D eigenvalue weighted by atomic mass is 9.99. The molecule has 0 radical (unpaired) electrons. The van der Waals surface area contributed by atoms with Crippen molar-refractivity contribution in [3.63, 3.8) is 0 Å². The molecule has 0 atom stereocenters. The molecule has 0 N–H and O–H groups in total. The van der Waals surface area contributed by atoms with E-state index in [0.29, 0.717) is 0 Å². The van der Waals surface area contributed by atoms with Gasteiger partial charge in [-0.25, -0.2) is 4.79 Å². The normalized spacial score (nSPS) is 13.9. The number of hydrogen-bond acceptors (Lipinski definition) is 2. The average Bonchev–Trinajstić information content (AvgIpc) is 2.75. The summed E-state index contributed by atoms with van der Waals surface area (Å²) in [6.07, 6.45) is 3.05. The van der Waals surface area contributed by atoms with Crippen molar-refractivity contribution in [2.75, 3.05) is 0 Å². The van der Waals surface area contributed by atoms with Crippen molar-refractivity contribution in [3.8, 4) is 11.1 Å². The minimum atomic E-state index is -0.0615. The Morgan fingerprint density at radius 3 is 2.62 bits per heavy atom. The van der Waals surface area contributed by atoms with Crippen LogP contribution in [0.4, 0.5) is 0 Å². The number of carbonyl (C=O) groups excluding carboxylic acids is 1. The summed E-state index contributed by atoms with van der Waals surface area (Å²) < 4.78 is 3.49. The summed E-state index contributed by atoms with van der Waals surface area (Å²) in [7, 11) is 0. The minimum absolute atomic E-state index is 0.000117. The topological polar surface area (TPSA) is 44.0 Å². The Hall–Kier alpha value is -2.62. The van der Waals surface area contributed by atoms with Gasteiger partial charge < -0.3 is 0 Å². The number of aromatic nitrogens is 2. The van der Waals surface area contributed by atoms with Gasteiger partial charge in [0.25, 0.3) is 0 Å². The Kier molecular flexibility index (Phi) is 3.60. The molecule has 4 rings (SSSR count). The zero-order chi connectivity index (χ0) is 16.7. The van der Waals surface area contributed by atoms with E-state index in [2.05, 4.69) is 24.3 Å². The van der Waals surface area contributed by atoms with E-state index in [1.807, 2.05) is 22.8 Å². The highest BCUT2D eigenvalue weighted by Crippen LogP contribution is 2.30. The molecule has 122 valence electrons. The fraction of sp³-hybridized carbons (Fsp3) is 0.300. The summed E-state index contributed by atoms with van der Waals surface area (Å²) in [6, 6.07) is 14.5. The SMILES string of the molecule is CC(=O)Cn1c(=O)n2c3c(cc(-c4ccccc4)cc31)CCCC2. The number of Topliss-reactive ketones (excluding diaryl/α,β-unsaturated/α-hetero) is 1. The maximum Gasteiger partial charge on any atom is 0.329 e. The van der Waals surface area contributed by atoms with Crippen molar-refractivity contribution in [1.29, 1.82) is 0 Å². The molecule has 1 aliphatic rings. The predicted molar refractivity (Wildman–Crippen MR) is 95.3 cm³/mol. The maximum atomic E-state index is 12.8. The fourth-order valence-corrected chi connectivity index (χ4v) is 3.70. The molecule has 0 amide bonds. The Labute approximate surface area is 140 Å². The highest BCUT2D eigenvalue weighted by Gasteiger charge is 2.20. The van der Waals surface area contributed by atoms with E-state index in [-0.39, 0.29) is 18.0 Å². The van der Waals surface area contributed by atoms with Gasteiger partial charge in [-0.15, -0.1) is 0 Å². The summed E-state index contributed by atoms with van der Waals surface area (Å²) in [5, 5.41) is 0. The molecule has 0 fully saturated rings. The predicted octanol–water partition coefficient (Wildman–Crippen LogP) is 3.40. The van der Waals surface area contributed by atoms with Crippen LogP contribution in [0.15, 0.2) is 47.3 Å². The third-order valence-corrected chi connectivity index (χ3v) is 4.76. The second kappa shape index (κ2) is 5.78. The van der Waals surface area contributed by atoms with Crippen LogP contribution in [0.3, 0.4) is 0 Å². The van der Waals surface area contributed by atoms with Gasteiger partial charge in [0.05, 0.1) is 17.6 Å². The van der Waals surface area contributed by atoms with Gasteiger partial charge in [-0.3, -0.25) is 13.9 Å².